The van der Waals surface area contributed by atoms with E-state index in [1.54, 1.807) is 0 Å². The molecule has 0 aliphatic rings. The lowest BCUT2D eigenvalue weighted by molar-refractivity contribution is 0.213. The maximum Gasteiger partial charge on any atom is 0.411 e. The van der Waals surface area contributed by atoms with Gasteiger partial charge in [-0.3, -0.25) is 0 Å². The van der Waals surface area contributed by atoms with Gasteiger partial charge in [-0.1, -0.05) is 15.3 Å². The molecule has 0 amide bonds. The molecule has 0 radical (unpaired) electrons. The first-order valence-electron chi connectivity index (χ1n) is 3.09. The van der Waals surface area contributed by atoms with Crippen LogP contribution < -0.4 is 0 Å². The Balaban J connectivity index is 3.43. The maximum atomic E-state index is 5.30. The molecule has 0 fully saturated rings. The topological polar surface area (TPSA) is 18.5 Å². The van der Waals surface area contributed by atoms with E-state index in [0.29, 0.717) is 13.2 Å². The number of hydrogen-bond donors (Lipinski definition) is 0. The van der Waals surface area contributed by atoms with E-state index >= 15 is 0 Å². The minimum absolute atomic E-state index is 0.716. The Kier molecular flexibility index (Phi) is 4.74. The Morgan fingerprint density at radius 3 is 1.78 bits per heavy atom. The molecule has 2 nitrogen and oxygen atoms in total. The lowest BCUT2D eigenvalue weighted by atomic mass is 10.9. The Morgan fingerprint density at radius 2 is 1.56 bits per heavy atom. The molecule has 9 heavy (non-hydrogen) atoms. The molecule has 0 aromatic rings. The van der Waals surface area contributed by atoms with Gasteiger partial charge in [0, 0.05) is 13.2 Å². The van der Waals surface area contributed by atoms with Crippen molar-refractivity contribution in [3.05, 3.63) is 0 Å². The molecule has 0 rings (SSSR count). The molecule has 0 saturated heterocycles. The first-order chi connectivity index (χ1) is 4.12. The van der Waals surface area contributed by atoms with Crippen LogP contribution in [0.15, 0.2) is 0 Å². The molecule has 56 valence electrons. The van der Waals surface area contributed by atoms with Gasteiger partial charge in [0.05, 0.1) is 0 Å². The molecular weight excluding hydrogens is 200 g/mol. The van der Waals surface area contributed by atoms with E-state index in [-0.39, 0.29) is 0 Å². The normalized spacial score (nSPS) is 12.0. The second-order valence-electron chi connectivity index (χ2n) is 1.70. The van der Waals surface area contributed by atoms with Crippen LogP contribution in [0.4, 0.5) is 0 Å². The van der Waals surface area contributed by atoms with Crippen LogP contribution in [0, 0.1) is 0 Å². The smallest absolute Gasteiger partial charge is 0.387 e. The van der Waals surface area contributed by atoms with E-state index < -0.39 is 7.18 Å². The van der Waals surface area contributed by atoms with Crippen LogP contribution in [-0.2, 0) is 8.85 Å². The summed E-state index contributed by atoms with van der Waals surface area (Å²) in [5.41, 5.74) is 0. The van der Waals surface area contributed by atoms with Gasteiger partial charge >= 0.3 is 7.18 Å². The van der Waals surface area contributed by atoms with Crippen LogP contribution in [0.5, 0.6) is 0 Å². The van der Waals surface area contributed by atoms with Gasteiger partial charge in [-0.05, 0) is 20.4 Å². The third kappa shape index (κ3) is 5.08. The van der Waals surface area contributed by atoms with E-state index in [2.05, 4.69) is 15.3 Å². The number of halogens is 1. The lowest BCUT2D eigenvalue weighted by Crippen LogP contribution is -2.31. The van der Waals surface area contributed by atoms with Crippen LogP contribution in [0.3, 0.4) is 0 Å². The van der Waals surface area contributed by atoms with Gasteiger partial charge < -0.3 is 8.85 Å². The zero-order chi connectivity index (χ0) is 7.33. The molecule has 0 aliphatic carbocycles. The monoisotopic (exact) mass is 212 g/mol. The molecular formula is C5H13BrO2Si. The second-order valence-corrected chi connectivity index (χ2v) is 8.27. The molecule has 0 aliphatic heterocycles. The largest absolute Gasteiger partial charge is 0.411 e. The van der Waals surface area contributed by atoms with Crippen molar-refractivity contribution in [2.24, 2.45) is 0 Å². The van der Waals surface area contributed by atoms with Crippen molar-refractivity contribution in [1.29, 1.82) is 0 Å². The van der Waals surface area contributed by atoms with E-state index in [0.717, 1.165) is 0 Å². The van der Waals surface area contributed by atoms with Crippen molar-refractivity contribution in [2.75, 3.05) is 13.2 Å². The fraction of sp³-hybridized carbons (Fsp3) is 1.00. The minimum Gasteiger partial charge on any atom is -0.387 e. The predicted molar refractivity (Wildman–Crippen MR) is 43.8 cm³/mol. The van der Waals surface area contributed by atoms with Crippen LogP contribution in [0.25, 0.3) is 0 Å². The van der Waals surface area contributed by atoms with Crippen molar-refractivity contribution >= 4 is 22.5 Å². The molecule has 0 spiro atoms. The third-order valence-electron chi connectivity index (χ3n) is 0.804. The van der Waals surface area contributed by atoms with Crippen molar-refractivity contribution in [1.82, 2.24) is 0 Å². The Labute approximate surface area is 65.4 Å². The van der Waals surface area contributed by atoms with Crippen molar-refractivity contribution < 1.29 is 8.85 Å². The lowest BCUT2D eigenvalue weighted by Gasteiger charge is -2.17. The van der Waals surface area contributed by atoms with E-state index in [9.17, 15) is 0 Å². The van der Waals surface area contributed by atoms with Gasteiger partial charge in [0.25, 0.3) is 0 Å². The Bertz CT molecular complexity index is 69.4. The molecule has 0 aromatic carbocycles. The summed E-state index contributed by atoms with van der Waals surface area (Å²) in [7, 11) is -1.89. The number of rotatable bonds is 4. The van der Waals surface area contributed by atoms with Gasteiger partial charge in [-0.15, -0.1) is 0 Å². The molecule has 0 atom stereocenters. The Hall–Kier alpha value is 0.617. The van der Waals surface area contributed by atoms with Crippen LogP contribution in [0.1, 0.15) is 13.8 Å². The standard InChI is InChI=1S/C5H13BrO2Si/c1-4-7-9(3,6)8-5-2/h4-5H2,1-3H3. The van der Waals surface area contributed by atoms with Crippen molar-refractivity contribution in [2.45, 2.75) is 20.4 Å². The van der Waals surface area contributed by atoms with E-state index in [1.807, 2.05) is 20.4 Å². The summed E-state index contributed by atoms with van der Waals surface area (Å²) in [4.78, 5) is 0. The van der Waals surface area contributed by atoms with Gasteiger partial charge in [0.15, 0.2) is 0 Å². The maximum absolute atomic E-state index is 5.30. The summed E-state index contributed by atoms with van der Waals surface area (Å²) in [6.45, 7) is 7.33. The summed E-state index contributed by atoms with van der Waals surface area (Å²) in [6, 6.07) is 0. The van der Waals surface area contributed by atoms with Crippen LogP contribution in [0.2, 0.25) is 6.55 Å². The minimum atomic E-state index is -1.89. The van der Waals surface area contributed by atoms with Gasteiger partial charge in [0.2, 0.25) is 0 Å². The molecule has 0 N–H and O–H groups in total. The molecule has 0 heterocycles. The highest BCUT2D eigenvalue weighted by molar-refractivity contribution is 9.25. The number of hydrogen-bond acceptors (Lipinski definition) is 2. The molecule has 0 bridgehead atoms. The van der Waals surface area contributed by atoms with Crippen LogP contribution in [-0.4, -0.2) is 20.4 Å². The quantitative estimate of drug-likeness (QED) is 0.525. The van der Waals surface area contributed by atoms with Crippen molar-refractivity contribution in [3.63, 3.8) is 0 Å². The fourth-order valence-corrected chi connectivity index (χ4v) is 3.05. The summed E-state index contributed by atoms with van der Waals surface area (Å²) in [5, 5.41) is 0. The van der Waals surface area contributed by atoms with Gasteiger partial charge in [0.1, 0.15) is 0 Å². The van der Waals surface area contributed by atoms with Gasteiger partial charge in [-0.25, -0.2) is 0 Å². The first-order valence-corrected chi connectivity index (χ1v) is 7.66. The zero-order valence-electron chi connectivity index (χ0n) is 6.11. The molecule has 0 aromatic heterocycles. The second kappa shape index (κ2) is 4.44. The predicted octanol–water partition coefficient (Wildman–Crippen LogP) is 2.02. The highest BCUT2D eigenvalue weighted by Crippen LogP contribution is 2.13. The molecule has 0 saturated carbocycles. The average Bonchev–Trinajstić information content (AvgIpc) is 1.64. The SMILES string of the molecule is CCO[Si](C)(Br)OCC. The van der Waals surface area contributed by atoms with Crippen molar-refractivity contribution in [3.8, 4) is 0 Å². The highest BCUT2D eigenvalue weighted by atomic mass is 79.9. The molecule has 4 heteroatoms. The molecule has 0 unspecified atom stereocenters. The summed E-state index contributed by atoms with van der Waals surface area (Å²) < 4.78 is 10.6. The van der Waals surface area contributed by atoms with E-state index in [4.69, 9.17) is 8.85 Å². The zero-order valence-corrected chi connectivity index (χ0v) is 8.69. The summed E-state index contributed by atoms with van der Waals surface area (Å²) in [6.07, 6.45) is 0. The average molecular weight is 213 g/mol. The highest BCUT2D eigenvalue weighted by Gasteiger charge is 2.25. The van der Waals surface area contributed by atoms with Crippen LogP contribution >= 0.6 is 15.3 Å². The third-order valence-corrected chi connectivity index (χ3v) is 3.79. The Morgan fingerprint density at radius 1 is 1.22 bits per heavy atom. The first kappa shape index (κ1) is 9.62. The summed E-state index contributed by atoms with van der Waals surface area (Å²) in [5.74, 6) is 0. The fourth-order valence-electron chi connectivity index (χ4n) is 0.557. The van der Waals surface area contributed by atoms with E-state index in [1.165, 1.54) is 0 Å². The summed E-state index contributed by atoms with van der Waals surface area (Å²) >= 11 is 3.40. The van der Waals surface area contributed by atoms with Gasteiger partial charge in [-0.2, -0.15) is 0 Å².